The van der Waals surface area contributed by atoms with Gasteiger partial charge in [-0.15, -0.1) is 0 Å². The Morgan fingerprint density at radius 1 is 1.10 bits per heavy atom. The minimum atomic E-state index is -1.10. The second-order valence-corrected chi connectivity index (χ2v) is 6.61. The zero-order chi connectivity index (χ0) is 14.9. The molecule has 0 amide bonds. The van der Waals surface area contributed by atoms with Crippen LogP contribution in [0.1, 0.15) is 27.9 Å². The summed E-state index contributed by atoms with van der Waals surface area (Å²) in [4.78, 5) is 5.21. The Hall–Kier alpha value is -1.68. The Kier molecular flexibility index (Phi) is 4.23. The molecule has 1 unspecified atom stereocenters. The van der Waals surface area contributed by atoms with E-state index in [1.165, 1.54) is 5.56 Å². The van der Waals surface area contributed by atoms with Gasteiger partial charge in [-0.2, -0.15) is 0 Å². The molecule has 0 saturated heterocycles. The van der Waals surface area contributed by atoms with E-state index < -0.39 is 10.8 Å². The molecule has 0 saturated carbocycles. The lowest BCUT2D eigenvalue weighted by atomic mass is 10.1. The van der Waals surface area contributed by atoms with Gasteiger partial charge in [0, 0.05) is 16.8 Å². The average molecular weight is 288 g/mol. The van der Waals surface area contributed by atoms with Crippen LogP contribution in [0.5, 0.6) is 0 Å². The largest absolute Gasteiger partial charge is 0.398 e. The summed E-state index contributed by atoms with van der Waals surface area (Å²) >= 11 is 0. The number of nitrogens with zero attached hydrogens (tertiary/aromatic N) is 1. The third-order valence-corrected chi connectivity index (χ3v) is 5.00. The summed E-state index contributed by atoms with van der Waals surface area (Å²) in [6.07, 6.45) is 1.75. The molecular weight excluding hydrogens is 268 g/mol. The average Bonchev–Trinajstić information content (AvgIpc) is 2.42. The predicted octanol–water partition coefficient (Wildman–Crippen LogP) is 3.21. The fourth-order valence-corrected chi connectivity index (χ4v) is 3.23. The molecule has 1 aromatic carbocycles. The molecule has 2 N–H and O–H groups in total. The van der Waals surface area contributed by atoms with Gasteiger partial charge in [0.1, 0.15) is 0 Å². The quantitative estimate of drug-likeness (QED) is 0.943. The minimum absolute atomic E-state index is 0.402. The highest BCUT2D eigenvalue weighted by atomic mass is 32.2. The van der Waals surface area contributed by atoms with E-state index in [4.69, 9.17) is 5.73 Å². The zero-order valence-electron chi connectivity index (χ0n) is 12.4. The molecular formula is C16H20N2OS. The van der Waals surface area contributed by atoms with Gasteiger partial charge < -0.3 is 5.73 Å². The van der Waals surface area contributed by atoms with Gasteiger partial charge in [-0.05, 0) is 62.1 Å². The highest BCUT2D eigenvalue weighted by Crippen LogP contribution is 2.21. The zero-order valence-corrected chi connectivity index (χ0v) is 13.2. The monoisotopic (exact) mass is 288 g/mol. The Bertz CT molecular complexity index is 680. The number of hydrogen-bond donors (Lipinski definition) is 1. The van der Waals surface area contributed by atoms with E-state index in [0.717, 1.165) is 33.0 Å². The highest BCUT2D eigenvalue weighted by molar-refractivity contribution is 7.84. The van der Waals surface area contributed by atoms with Crippen LogP contribution in [0, 0.1) is 27.7 Å². The van der Waals surface area contributed by atoms with Crippen LogP contribution >= 0.6 is 0 Å². The van der Waals surface area contributed by atoms with Gasteiger partial charge in [0.15, 0.2) is 0 Å². The molecule has 0 aliphatic carbocycles. The van der Waals surface area contributed by atoms with E-state index in [-0.39, 0.29) is 0 Å². The van der Waals surface area contributed by atoms with E-state index in [1.807, 2.05) is 39.0 Å². The summed E-state index contributed by atoms with van der Waals surface area (Å²) in [5, 5.41) is 0. The Balaban J connectivity index is 2.28. The number of anilines is 1. The number of hydrogen-bond acceptors (Lipinski definition) is 3. The lowest BCUT2D eigenvalue weighted by molar-refractivity contribution is 0.682. The highest BCUT2D eigenvalue weighted by Gasteiger charge is 2.12. The van der Waals surface area contributed by atoms with Gasteiger partial charge in [-0.1, -0.05) is 6.07 Å². The van der Waals surface area contributed by atoms with Crippen molar-refractivity contribution in [3.63, 3.8) is 0 Å². The lowest BCUT2D eigenvalue weighted by Crippen LogP contribution is -2.05. The van der Waals surface area contributed by atoms with Crippen molar-refractivity contribution < 1.29 is 4.21 Å². The van der Waals surface area contributed by atoms with Crippen molar-refractivity contribution in [2.45, 2.75) is 38.3 Å². The number of pyridine rings is 1. The summed E-state index contributed by atoms with van der Waals surface area (Å²) in [5.74, 6) is 0.402. The topological polar surface area (TPSA) is 56.0 Å². The van der Waals surface area contributed by atoms with Crippen molar-refractivity contribution in [2.24, 2.45) is 0 Å². The van der Waals surface area contributed by atoms with Crippen molar-refractivity contribution in [3.8, 4) is 0 Å². The molecule has 0 radical (unpaired) electrons. The van der Waals surface area contributed by atoms with Crippen molar-refractivity contribution in [1.29, 1.82) is 0 Å². The van der Waals surface area contributed by atoms with E-state index in [9.17, 15) is 4.21 Å². The predicted molar refractivity (Wildman–Crippen MR) is 84.2 cm³/mol. The third-order valence-electron chi connectivity index (χ3n) is 3.68. The van der Waals surface area contributed by atoms with Crippen molar-refractivity contribution in [1.82, 2.24) is 4.98 Å². The summed E-state index contributed by atoms with van der Waals surface area (Å²) in [7, 11) is -1.10. The maximum Gasteiger partial charge on any atom is 0.0709 e. The van der Waals surface area contributed by atoms with Crippen LogP contribution in [0.15, 0.2) is 29.3 Å². The van der Waals surface area contributed by atoms with Crippen molar-refractivity contribution >= 4 is 16.5 Å². The smallest absolute Gasteiger partial charge is 0.0709 e. The van der Waals surface area contributed by atoms with Crippen LogP contribution in [-0.2, 0) is 16.6 Å². The van der Waals surface area contributed by atoms with Crippen LogP contribution in [0.2, 0.25) is 0 Å². The Morgan fingerprint density at radius 3 is 2.45 bits per heavy atom. The van der Waals surface area contributed by atoms with Crippen LogP contribution in [0.25, 0.3) is 0 Å². The number of nitrogen functional groups attached to an aromatic ring is 1. The first-order chi connectivity index (χ1) is 9.40. The molecule has 1 atom stereocenters. The van der Waals surface area contributed by atoms with E-state index in [1.54, 1.807) is 6.20 Å². The number of benzene rings is 1. The maximum atomic E-state index is 12.5. The van der Waals surface area contributed by atoms with Crippen molar-refractivity contribution in [2.75, 3.05) is 5.73 Å². The van der Waals surface area contributed by atoms with Gasteiger partial charge in [0.2, 0.25) is 0 Å². The molecule has 2 aromatic rings. The van der Waals surface area contributed by atoms with Gasteiger partial charge in [-0.3, -0.25) is 9.19 Å². The first-order valence-corrected chi connectivity index (χ1v) is 7.88. The molecule has 0 bridgehead atoms. The molecule has 1 aromatic heterocycles. The summed E-state index contributed by atoms with van der Waals surface area (Å²) in [6, 6.07) is 5.91. The SMILES string of the molecule is Cc1ccc(S(=O)Cc2ncc(C)c(N)c2C)cc1C. The summed E-state index contributed by atoms with van der Waals surface area (Å²) < 4.78 is 12.5. The van der Waals surface area contributed by atoms with Gasteiger partial charge in [0.25, 0.3) is 0 Å². The molecule has 0 aliphatic heterocycles. The summed E-state index contributed by atoms with van der Waals surface area (Å²) in [6.45, 7) is 7.94. The number of rotatable bonds is 3. The number of aryl methyl sites for hydroxylation is 3. The van der Waals surface area contributed by atoms with E-state index in [0.29, 0.717) is 5.75 Å². The lowest BCUT2D eigenvalue weighted by Gasteiger charge is -2.10. The van der Waals surface area contributed by atoms with E-state index >= 15 is 0 Å². The molecule has 1 heterocycles. The van der Waals surface area contributed by atoms with Crippen LogP contribution in [0.4, 0.5) is 5.69 Å². The first kappa shape index (κ1) is 14.7. The molecule has 20 heavy (non-hydrogen) atoms. The standard InChI is InChI=1S/C16H20N2OS/c1-10-5-6-14(7-11(10)2)20(19)9-15-13(4)16(17)12(3)8-18-15/h5-8H,9H2,1-4H3,(H2,17,18). The second-order valence-electron chi connectivity index (χ2n) is 5.16. The summed E-state index contributed by atoms with van der Waals surface area (Å²) in [5.41, 5.74) is 11.8. The molecule has 0 fully saturated rings. The molecule has 0 aliphatic rings. The molecule has 3 nitrogen and oxygen atoms in total. The molecule has 0 spiro atoms. The Morgan fingerprint density at radius 2 is 1.80 bits per heavy atom. The third kappa shape index (κ3) is 2.90. The maximum absolute atomic E-state index is 12.5. The van der Waals surface area contributed by atoms with Gasteiger partial charge >= 0.3 is 0 Å². The van der Waals surface area contributed by atoms with E-state index in [2.05, 4.69) is 11.9 Å². The second kappa shape index (κ2) is 5.75. The molecule has 106 valence electrons. The molecule has 4 heteroatoms. The van der Waals surface area contributed by atoms with Crippen molar-refractivity contribution in [3.05, 3.63) is 52.3 Å². The normalized spacial score (nSPS) is 12.4. The number of nitrogens with two attached hydrogens (primary N) is 1. The Labute approximate surface area is 122 Å². The minimum Gasteiger partial charge on any atom is -0.398 e. The first-order valence-electron chi connectivity index (χ1n) is 6.56. The number of aromatic nitrogens is 1. The fraction of sp³-hybridized carbons (Fsp3) is 0.312. The van der Waals surface area contributed by atoms with Crippen LogP contribution < -0.4 is 5.73 Å². The molecule has 2 rings (SSSR count). The van der Waals surface area contributed by atoms with Gasteiger partial charge in [-0.25, -0.2) is 0 Å². The fourth-order valence-electron chi connectivity index (χ4n) is 2.00. The van der Waals surface area contributed by atoms with Crippen LogP contribution in [-0.4, -0.2) is 9.19 Å². The van der Waals surface area contributed by atoms with Crippen LogP contribution in [0.3, 0.4) is 0 Å². The van der Waals surface area contributed by atoms with Gasteiger partial charge in [0.05, 0.1) is 22.2 Å².